The molecule has 2 aromatic rings. The molecule has 2 rings (SSSR count). The molecular weight excluding hydrogens is 469 g/mol. The van der Waals surface area contributed by atoms with E-state index in [9.17, 15) is 22.8 Å². The van der Waals surface area contributed by atoms with E-state index in [1.807, 2.05) is 0 Å². The van der Waals surface area contributed by atoms with Gasteiger partial charge in [-0.1, -0.05) is 35.3 Å². The molecule has 166 valence electrons. The molecule has 0 saturated carbocycles. The minimum Gasteiger partial charge on any atom is -0.454 e. The first kappa shape index (κ1) is 24.6. The quantitative estimate of drug-likeness (QED) is 0.454. The van der Waals surface area contributed by atoms with Gasteiger partial charge in [0.15, 0.2) is 6.61 Å². The van der Waals surface area contributed by atoms with Gasteiger partial charge in [0.1, 0.15) is 6.54 Å². The lowest BCUT2D eigenvalue weighted by molar-refractivity contribution is -0.147. The Labute approximate surface area is 188 Å². The maximum atomic E-state index is 12.0. The third-order valence-corrected chi connectivity index (χ3v) is 5.40. The third-order valence-electron chi connectivity index (χ3n) is 3.92. The second-order valence-electron chi connectivity index (χ2n) is 6.26. The molecule has 0 aliphatic heterocycles. The van der Waals surface area contributed by atoms with E-state index in [-0.39, 0.29) is 22.0 Å². The molecule has 0 saturated heterocycles. The molecule has 0 atom stereocenters. The molecule has 0 bridgehead atoms. The number of nitrogens with one attached hydrogen (secondary N) is 2. The standard InChI is InChI=1S/C19H19Cl2N3O6S/c20-13-3-6-15(16(21)9-13)19(27)24-10-18(26)30-11-17(25)23-8-7-12-1-4-14(5-2-12)31(22,28)29/h1-6,9H,7-8,10-11H2,(H,23,25)(H,24,27)(H2,22,28,29). The molecule has 0 aromatic heterocycles. The largest absolute Gasteiger partial charge is 0.454 e. The summed E-state index contributed by atoms with van der Waals surface area (Å²) in [6, 6.07) is 10.2. The van der Waals surface area contributed by atoms with Crippen LogP contribution >= 0.6 is 23.2 Å². The van der Waals surface area contributed by atoms with Crippen molar-refractivity contribution in [3.05, 3.63) is 63.6 Å². The molecule has 0 fully saturated rings. The van der Waals surface area contributed by atoms with Gasteiger partial charge in [-0.3, -0.25) is 14.4 Å². The zero-order chi connectivity index (χ0) is 23.0. The first-order valence-corrected chi connectivity index (χ1v) is 11.1. The van der Waals surface area contributed by atoms with Crippen molar-refractivity contribution in [1.29, 1.82) is 0 Å². The number of hydrogen-bond donors (Lipinski definition) is 3. The average molecular weight is 488 g/mol. The highest BCUT2D eigenvalue weighted by Gasteiger charge is 2.13. The van der Waals surface area contributed by atoms with Crippen molar-refractivity contribution in [1.82, 2.24) is 10.6 Å². The maximum absolute atomic E-state index is 12.0. The molecule has 0 heterocycles. The summed E-state index contributed by atoms with van der Waals surface area (Å²) in [5.41, 5.74) is 0.932. The lowest BCUT2D eigenvalue weighted by Crippen LogP contribution is -2.34. The van der Waals surface area contributed by atoms with Crippen LogP contribution in [0, 0.1) is 0 Å². The number of halogens is 2. The Morgan fingerprint density at radius 2 is 1.68 bits per heavy atom. The number of nitrogens with two attached hydrogens (primary N) is 1. The van der Waals surface area contributed by atoms with Gasteiger partial charge in [0, 0.05) is 11.6 Å². The minimum atomic E-state index is -3.76. The number of rotatable bonds is 9. The molecule has 2 aromatic carbocycles. The van der Waals surface area contributed by atoms with E-state index in [0.717, 1.165) is 5.56 Å². The topological polar surface area (TPSA) is 145 Å². The van der Waals surface area contributed by atoms with Crippen LogP contribution in [0.4, 0.5) is 0 Å². The summed E-state index contributed by atoms with van der Waals surface area (Å²) in [5.74, 6) is -1.91. The van der Waals surface area contributed by atoms with E-state index in [4.69, 9.17) is 33.1 Å². The summed E-state index contributed by atoms with van der Waals surface area (Å²) in [5, 5.41) is 10.4. The van der Waals surface area contributed by atoms with E-state index < -0.39 is 41.0 Å². The molecule has 2 amide bonds. The smallest absolute Gasteiger partial charge is 0.325 e. The number of carbonyl (C=O) groups excluding carboxylic acids is 3. The monoisotopic (exact) mass is 487 g/mol. The van der Waals surface area contributed by atoms with Gasteiger partial charge in [-0.25, -0.2) is 13.6 Å². The number of ether oxygens (including phenoxy) is 1. The van der Waals surface area contributed by atoms with Crippen LogP contribution in [0.2, 0.25) is 10.0 Å². The molecule has 4 N–H and O–H groups in total. The lowest BCUT2D eigenvalue weighted by Gasteiger charge is -2.09. The molecule has 0 aliphatic rings. The Morgan fingerprint density at radius 3 is 2.29 bits per heavy atom. The third kappa shape index (κ3) is 8.18. The zero-order valence-corrected chi connectivity index (χ0v) is 18.4. The van der Waals surface area contributed by atoms with Crippen molar-refractivity contribution in [3.8, 4) is 0 Å². The van der Waals surface area contributed by atoms with Crippen LogP contribution in [0.5, 0.6) is 0 Å². The van der Waals surface area contributed by atoms with Gasteiger partial charge in [-0.15, -0.1) is 0 Å². The van der Waals surface area contributed by atoms with E-state index in [1.165, 1.54) is 30.3 Å². The molecule has 31 heavy (non-hydrogen) atoms. The van der Waals surface area contributed by atoms with Crippen LogP contribution in [0.15, 0.2) is 47.4 Å². The molecule has 12 heteroatoms. The minimum absolute atomic E-state index is 0.00220. The summed E-state index contributed by atoms with van der Waals surface area (Å²) in [6.07, 6.45) is 0.433. The fraction of sp³-hybridized carbons (Fsp3) is 0.211. The van der Waals surface area contributed by atoms with Crippen molar-refractivity contribution in [2.75, 3.05) is 19.7 Å². The van der Waals surface area contributed by atoms with Crippen molar-refractivity contribution < 1.29 is 27.5 Å². The van der Waals surface area contributed by atoms with Crippen LogP contribution in [0.25, 0.3) is 0 Å². The number of benzene rings is 2. The first-order chi connectivity index (χ1) is 14.6. The number of hydrogen-bond acceptors (Lipinski definition) is 6. The Hall–Kier alpha value is -2.66. The summed E-state index contributed by atoms with van der Waals surface area (Å²) in [6.45, 7) is -0.709. The van der Waals surface area contributed by atoms with Crippen LogP contribution in [0.3, 0.4) is 0 Å². The van der Waals surface area contributed by atoms with Gasteiger partial charge in [0.2, 0.25) is 10.0 Å². The predicted molar refractivity (Wildman–Crippen MR) is 114 cm³/mol. The fourth-order valence-corrected chi connectivity index (χ4v) is 3.37. The molecule has 0 unspecified atom stereocenters. The number of carbonyl (C=O) groups is 3. The van der Waals surface area contributed by atoms with E-state index in [1.54, 1.807) is 12.1 Å². The van der Waals surface area contributed by atoms with Crippen molar-refractivity contribution >= 4 is 51.0 Å². The summed E-state index contributed by atoms with van der Waals surface area (Å²) < 4.78 is 27.2. The highest BCUT2D eigenvalue weighted by molar-refractivity contribution is 7.89. The normalized spacial score (nSPS) is 10.9. The van der Waals surface area contributed by atoms with Gasteiger partial charge in [-0.2, -0.15) is 0 Å². The van der Waals surface area contributed by atoms with E-state index in [2.05, 4.69) is 10.6 Å². The number of esters is 1. The highest BCUT2D eigenvalue weighted by atomic mass is 35.5. The van der Waals surface area contributed by atoms with E-state index >= 15 is 0 Å². The maximum Gasteiger partial charge on any atom is 0.325 e. The molecule has 0 aliphatic carbocycles. The molecular formula is C19H19Cl2N3O6S. The molecule has 0 radical (unpaired) electrons. The molecule has 9 nitrogen and oxygen atoms in total. The van der Waals surface area contributed by atoms with Crippen LogP contribution < -0.4 is 15.8 Å². The first-order valence-electron chi connectivity index (χ1n) is 8.83. The fourth-order valence-electron chi connectivity index (χ4n) is 2.36. The molecule has 0 spiro atoms. The average Bonchev–Trinajstić information content (AvgIpc) is 2.70. The lowest BCUT2D eigenvalue weighted by atomic mass is 10.1. The Morgan fingerprint density at radius 1 is 1.00 bits per heavy atom. The van der Waals surface area contributed by atoms with Gasteiger partial charge >= 0.3 is 5.97 Å². The van der Waals surface area contributed by atoms with Gasteiger partial charge in [0.05, 0.1) is 15.5 Å². The van der Waals surface area contributed by atoms with Crippen LogP contribution in [0.1, 0.15) is 15.9 Å². The Balaban J connectivity index is 1.67. The second kappa shape index (κ2) is 11.1. The number of sulfonamides is 1. The highest BCUT2D eigenvalue weighted by Crippen LogP contribution is 2.20. The summed E-state index contributed by atoms with van der Waals surface area (Å²) >= 11 is 11.7. The van der Waals surface area contributed by atoms with Gasteiger partial charge in [-0.05, 0) is 42.3 Å². The van der Waals surface area contributed by atoms with E-state index in [0.29, 0.717) is 11.4 Å². The second-order valence-corrected chi connectivity index (χ2v) is 8.66. The SMILES string of the molecule is NS(=O)(=O)c1ccc(CCNC(=O)COC(=O)CNC(=O)c2ccc(Cl)cc2Cl)cc1. The number of primary sulfonamides is 1. The van der Waals surface area contributed by atoms with Crippen LogP contribution in [-0.2, 0) is 30.8 Å². The van der Waals surface area contributed by atoms with Crippen LogP contribution in [-0.4, -0.2) is 45.9 Å². The zero-order valence-electron chi connectivity index (χ0n) is 16.1. The summed E-state index contributed by atoms with van der Waals surface area (Å²) in [7, 11) is -3.76. The summed E-state index contributed by atoms with van der Waals surface area (Å²) in [4.78, 5) is 35.5. The van der Waals surface area contributed by atoms with Crippen molar-refractivity contribution in [2.24, 2.45) is 5.14 Å². The van der Waals surface area contributed by atoms with Gasteiger partial charge < -0.3 is 15.4 Å². The Kier molecular flexibility index (Phi) is 8.81. The Bertz CT molecular complexity index is 1070. The van der Waals surface area contributed by atoms with Crippen molar-refractivity contribution in [2.45, 2.75) is 11.3 Å². The number of amides is 2. The predicted octanol–water partition coefficient (Wildman–Crippen LogP) is 1.27. The van der Waals surface area contributed by atoms with Crippen molar-refractivity contribution in [3.63, 3.8) is 0 Å². The van der Waals surface area contributed by atoms with Gasteiger partial charge in [0.25, 0.3) is 11.8 Å².